The molecule has 10 aromatic rings. The summed E-state index contributed by atoms with van der Waals surface area (Å²) in [5.74, 6) is 0. The van der Waals surface area contributed by atoms with Gasteiger partial charge in [-0.05, 0) is 111 Å². The first-order valence-electron chi connectivity index (χ1n) is 17.6. The molecule has 0 fully saturated rings. The fraction of sp³-hybridized carbons (Fsp3) is 0. The zero-order valence-corrected chi connectivity index (χ0v) is 28.2. The number of benzene rings is 7. The fourth-order valence-electron chi connectivity index (χ4n) is 7.28. The summed E-state index contributed by atoms with van der Waals surface area (Å²) >= 11 is 0. The van der Waals surface area contributed by atoms with Crippen LogP contribution in [0.4, 0.5) is 0 Å². The van der Waals surface area contributed by atoms with Crippen molar-refractivity contribution in [3.63, 3.8) is 0 Å². The lowest BCUT2D eigenvalue weighted by Crippen LogP contribution is -1.93. The number of pyridine rings is 3. The van der Waals surface area contributed by atoms with Gasteiger partial charge in [-0.25, -0.2) is 4.98 Å². The number of rotatable bonds is 5. The van der Waals surface area contributed by atoms with Gasteiger partial charge in [0.1, 0.15) is 0 Å². The lowest BCUT2D eigenvalue weighted by Gasteiger charge is -2.15. The molecule has 0 atom stereocenters. The van der Waals surface area contributed by atoms with Gasteiger partial charge in [0.15, 0.2) is 0 Å². The molecule has 0 saturated heterocycles. The number of nitrogens with zero attached hydrogens (tertiary/aromatic N) is 3. The summed E-state index contributed by atoms with van der Waals surface area (Å²) in [5.41, 5.74) is 12.5. The fourth-order valence-corrected chi connectivity index (χ4v) is 7.28. The molecule has 3 heterocycles. The third kappa shape index (κ3) is 5.55. The summed E-state index contributed by atoms with van der Waals surface area (Å²) in [7, 11) is 0. The lowest BCUT2D eigenvalue weighted by atomic mass is 9.92. The number of hydrogen-bond acceptors (Lipinski definition) is 3. The second kappa shape index (κ2) is 12.4. The van der Waals surface area contributed by atoms with E-state index in [4.69, 9.17) is 15.0 Å². The van der Waals surface area contributed by atoms with Crippen LogP contribution in [0.3, 0.4) is 0 Å². The Morgan fingerprint density at radius 2 is 0.615 bits per heavy atom. The monoisotopic (exact) mass is 661 g/mol. The van der Waals surface area contributed by atoms with E-state index < -0.39 is 0 Å². The molecule has 242 valence electrons. The molecule has 10 rings (SSSR count). The summed E-state index contributed by atoms with van der Waals surface area (Å²) in [5, 5.41) is 7.03. The van der Waals surface area contributed by atoms with Gasteiger partial charge in [0.2, 0.25) is 0 Å². The molecule has 0 saturated carbocycles. The predicted octanol–water partition coefficient (Wildman–Crippen LogP) is 12.8. The Morgan fingerprint density at radius 3 is 1.10 bits per heavy atom. The van der Waals surface area contributed by atoms with Gasteiger partial charge in [-0.2, -0.15) is 0 Å². The van der Waals surface area contributed by atoms with Crippen LogP contribution in [0, 0.1) is 0 Å². The highest BCUT2D eigenvalue weighted by atomic mass is 14.7. The summed E-state index contributed by atoms with van der Waals surface area (Å²) < 4.78 is 0. The minimum absolute atomic E-state index is 0.929. The quantitative estimate of drug-likeness (QED) is 0.184. The molecule has 0 spiro atoms. The summed E-state index contributed by atoms with van der Waals surface area (Å²) in [4.78, 5) is 15.0. The highest BCUT2D eigenvalue weighted by Gasteiger charge is 2.14. The molecule has 0 unspecified atom stereocenters. The van der Waals surface area contributed by atoms with E-state index >= 15 is 0 Å². The molecule has 0 radical (unpaired) electrons. The Labute approximate surface area is 301 Å². The number of para-hydroxylation sites is 2. The van der Waals surface area contributed by atoms with Gasteiger partial charge in [0.05, 0.1) is 22.4 Å². The first-order valence-corrected chi connectivity index (χ1v) is 17.6. The van der Waals surface area contributed by atoms with Crippen molar-refractivity contribution in [3.05, 3.63) is 188 Å². The van der Waals surface area contributed by atoms with Gasteiger partial charge in [-0.15, -0.1) is 0 Å². The highest BCUT2D eigenvalue weighted by Crippen LogP contribution is 2.38. The average Bonchev–Trinajstić information content (AvgIpc) is 3.22. The molecule has 3 aromatic heterocycles. The first kappa shape index (κ1) is 29.9. The highest BCUT2D eigenvalue weighted by molar-refractivity contribution is 5.92. The van der Waals surface area contributed by atoms with Gasteiger partial charge in [-0.1, -0.05) is 109 Å². The maximum Gasteiger partial charge on any atom is 0.0715 e. The van der Waals surface area contributed by atoms with Gasteiger partial charge in [0, 0.05) is 45.4 Å². The minimum Gasteiger partial charge on any atom is -0.256 e. The van der Waals surface area contributed by atoms with Crippen molar-refractivity contribution < 1.29 is 0 Å². The third-order valence-electron chi connectivity index (χ3n) is 10.0. The topological polar surface area (TPSA) is 38.7 Å². The molecule has 0 aliphatic rings. The molecule has 0 bridgehead atoms. The molecule has 0 amide bonds. The van der Waals surface area contributed by atoms with Crippen LogP contribution in [0.2, 0.25) is 0 Å². The molecular weight excluding hydrogens is 631 g/mol. The van der Waals surface area contributed by atoms with Crippen LogP contribution in [0.25, 0.3) is 99.2 Å². The summed E-state index contributed by atoms with van der Waals surface area (Å²) in [6, 6.07) is 62.5. The SMILES string of the molecule is c1ccc2cc(-c3cc(-c4cc(-c5cnc6ccccc6c5)cc(-c5cnc6ccccc6c5)c4)cc(-c4ccc5ccccc5c4)n3)ccc2c1. The predicted molar refractivity (Wildman–Crippen MR) is 217 cm³/mol. The largest absolute Gasteiger partial charge is 0.256 e. The van der Waals surface area contributed by atoms with Crippen LogP contribution in [-0.4, -0.2) is 15.0 Å². The van der Waals surface area contributed by atoms with Crippen molar-refractivity contribution in [1.29, 1.82) is 0 Å². The molecule has 7 aromatic carbocycles. The average molecular weight is 662 g/mol. The van der Waals surface area contributed by atoms with Crippen LogP contribution in [0.5, 0.6) is 0 Å². The zero-order valence-electron chi connectivity index (χ0n) is 28.2. The van der Waals surface area contributed by atoms with E-state index in [1.54, 1.807) is 0 Å². The van der Waals surface area contributed by atoms with Crippen LogP contribution in [-0.2, 0) is 0 Å². The van der Waals surface area contributed by atoms with Gasteiger partial charge in [-0.3, -0.25) is 9.97 Å². The van der Waals surface area contributed by atoms with Crippen molar-refractivity contribution in [2.75, 3.05) is 0 Å². The summed E-state index contributed by atoms with van der Waals surface area (Å²) in [6.45, 7) is 0. The normalized spacial score (nSPS) is 11.5. The number of aromatic nitrogens is 3. The standard InChI is InChI=1S/C49H31N3/c1-3-11-34-21-38(19-17-32(34)9-1)48-28-43(29-49(52-48)39-20-18-33-10-2-4-12-35(33)22-39)40-25-41(44-23-36-13-5-7-15-46(36)50-30-44)27-42(26-40)45-24-37-14-6-8-16-47(37)51-31-45/h1-31H. The Morgan fingerprint density at radius 1 is 0.250 bits per heavy atom. The minimum atomic E-state index is 0.929. The Kier molecular flexibility index (Phi) is 7.14. The van der Waals surface area contributed by atoms with Crippen LogP contribution in [0.1, 0.15) is 0 Å². The van der Waals surface area contributed by atoms with E-state index in [0.717, 1.165) is 77.7 Å². The Balaban J connectivity index is 1.21. The van der Waals surface area contributed by atoms with E-state index in [1.807, 2.05) is 24.5 Å². The second-order valence-electron chi connectivity index (χ2n) is 13.4. The van der Waals surface area contributed by atoms with Crippen LogP contribution in [0.15, 0.2) is 188 Å². The van der Waals surface area contributed by atoms with Crippen molar-refractivity contribution in [1.82, 2.24) is 15.0 Å². The van der Waals surface area contributed by atoms with Crippen molar-refractivity contribution in [2.24, 2.45) is 0 Å². The van der Waals surface area contributed by atoms with Gasteiger partial charge >= 0.3 is 0 Å². The lowest BCUT2D eigenvalue weighted by molar-refractivity contribution is 1.33. The molecule has 0 N–H and O–H groups in total. The van der Waals surface area contributed by atoms with Gasteiger partial charge < -0.3 is 0 Å². The molecule has 0 aliphatic carbocycles. The molecule has 3 heteroatoms. The van der Waals surface area contributed by atoms with Crippen molar-refractivity contribution in [3.8, 4) is 55.9 Å². The van der Waals surface area contributed by atoms with E-state index in [2.05, 4.69) is 164 Å². The maximum atomic E-state index is 5.32. The Hall–Kier alpha value is -6.97. The molecular formula is C49H31N3. The molecule has 3 nitrogen and oxygen atoms in total. The first-order chi connectivity index (χ1) is 25.7. The second-order valence-corrected chi connectivity index (χ2v) is 13.4. The van der Waals surface area contributed by atoms with E-state index in [-0.39, 0.29) is 0 Å². The van der Waals surface area contributed by atoms with Crippen molar-refractivity contribution >= 4 is 43.4 Å². The van der Waals surface area contributed by atoms with E-state index in [0.29, 0.717) is 0 Å². The van der Waals surface area contributed by atoms with Crippen LogP contribution >= 0.6 is 0 Å². The van der Waals surface area contributed by atoms with Crippen molar-refractivity contribution in [2.45, 2.75) is 0 Å². The number of hydrogen-bond donors (Lipinski definition) is 0. The smallest absolute Gasteiger partial charge is 0.0715 e. The summed E-state index contributed by atoms with van der Waals surface area (Å²) in [6.07, 6.45) is 3.97. The third-order valence-corrected chi connectivity index (χ3v) is 10.0. The Bertz CT molecular complexity index is 2580. The molecule has 0 aliphatic heterocycles. The number of fused-ring (bicyclic) bond motifs is 4. The molecule has 52 heavy (non-hydrogen) atoms. The zero-order chi connectivity index (χ0) is 34.4. The maximum absolute atomic E-state index is 5.32. The van der Waals surface area contributed by atoms with Gasteiger partial charge in [0.25, 0.3) is 0 Å². The van der Waals surface area contributed by atoms with E-state index in [1.165, 1.54) is 21.5 Å². The van der Waals surface area contributed by atoms with Crippen LogP contribution < -0.4 is 0 Å². The van der Waals surface area contributed by atoms with E-state index in [9.17, 15) is 0 Å².